The zero-order chi connectivity index (χ0) is 14.8. The molecule has 3 nitrogen and oxygen atoms in total. The molecule has 0 aromatic heterocycles. The molecule has 0 aromatic carbocycles. The van der Waals surface area contributed by atoms with Crippen LogP contribution in [0.3, 0.4) is 0 Å². The molecule has 0 unspecified atom stereocenters. The van der Waals surface area contributed by atoms with Crippen molar-refractivity contribution in [3.63, 3.8) is 0 Å². The van der Waals surface area contributed by atoms with Gasteiger partial charge in [-0.2, -0.15) is 0 Å². The highest BCUT2D eigenvalue weighted by Gasteiger charge is 2.35. The third-order valence-corrected chi connectivity index (χ3v) is 4.67. The minimum atomic E-state index is 0.260. The fraction of sp³-hybridized carbons (Fsp3) is 1.00. The maximum Gasteiger partial charge on any atom is 0.0593 e. The van der Waals surface area contributed by atoms with Crippen molar-refractivity contribution >= 4 is 0 Å². The summed E-state index contributed by atoms with van der Waals surface area (Å²) in [6, 6.07) is 0. The highest BCUT2D eigenvalue weighted by molar-refractivity contribution is 4.94. The van der Waals surface area contributed by atoms with Crippen LogP contribution in [0.2, 0.25) is 0 Å². The van der Waals surface area contributed by atoms with Crippen molar-refractivity contribution in [3.05, 3.63) is 0 Å². The topological polar surface area (TPSA) is 38.5 Å². The van der Waals surface area contributed by atoms with Gasteiger partial charge in [0.15, 0.2) is 0 Å². The van der Waals surface area contributed by atoms with Gasteiger partial charge in [-0.05, 0) is 38.1 Å². The van der Waals surface area contributed by atoms with Crippen molar-refractivity contribution in [2.24, 2.45) is 11.7 Å². The largest absolute Gasteiger partial charge is 0.380 e. The molecule has 0 aromatic rings. The van der Waals surface area contributed by atoms with Crippen molar-refractivity contribution < 1.29 is 4.74 Å². The molecule has 0 saturated heterocycles. The lowest BCUT2D eigenvalue weighted by atomic mass is 9.80. The first-order valence-electron chi connectivity index (χ1n) is 8.67. The second-order valence-electron chi connectivity index (χ2n) is 6.77. The normalized spacial score (nSPS) is 18.9. The minimum absolute atomic E-state index is 0.260. The van der Waals surface area contributed by atoms with Crippen molar-refractivity contribution in [3.8, 4) is 0 Å². The SMILES string of the molecule is CCCN(CCOCCC(C)C)C1(CN)CCCCC1. The second kappa shape index (κ2) is 9.75. The van der Waals surface area contributed by atoms with Gasteiger partial charge in [0.1, 0.15) is 0 Å². The summed E-state index contributed by atoms with van der Waals surface area (Å²) in [5.41, 5.74) is 6.42. The van der Waals surface area contributed by atoms with E-state index in [0.717, 1.165) is 45.2 Å². The van der Waals surface area contributed by atoms with Crippen LogP contribution in [0, 0.1) is 5.92 Å². The molecule has 0 amide bonds. The van der Waals surface area contributed by atoms with Gasteiger partial charge in [-0.1, -0.05) is 40.0 Å². The molecule has 0 heterocycles. The Hall–Kier alpha value is -0.120. The molecule has 2 N–H and O–H groups in total. The van der Waals surface area contributed by atoms with E-state index in [0.29, 0.717) is 0 Å². The van der Waals surface area contributed by atoms with E-state index in [2.05, 4.69) is 25.7 Å². The van der Waals surface area contributed by atoms with E-state index in [1.165, 1.54) is 38.5 Å². The molecule has 0 spiro atoms. The highest BCUT2D eigenvalue weighted by atomic mass is 16.5. The molecular weight excluding hydrogens is 248 g/mol. The number of ether oxygens (including phenoxy) is 1. The fourth-order valence-corrected chi connectivity index (χ4v) is 3.31. The molecule has 1 fully saturated rings. The van der Waals surface area contributed by atoms with E-state index >= 15 is 0 Å². The Bertz CT molecular complexity index is 237. The lowest BCUT2D eigenvalue weighted by Gasteiger charge is -2.46. The van der Waals surface area contributed by atoms with Crippen LogP contribution < -0.4 is 5.73 Å². The van der Waals surface area contributed by atoms with Crippen molar-refractivity contribution in [2.45, 2.75) is 71.3 Å². The Labute approximate surface area is 126 Å². The monoisotopic (exact) mass is 284 g/mol. The Morgan fingerprint density at radius 3 is 2.35 bits per heavy atom. The average molecular weight is 284 g/mol. The number of hydrogen-bond acceptors (Lipinski definition) is 3. The van der Waals surface area contributed by atoms with Gasteiger partial charge in [-0.15, -0.1) is 0 Å². The number of nitrogens with two attached hydrogens (primary N) is 1. The standard InChI is InChI=1S/C17H36N2O/c1-4-11-19(12-14-20-13-8-16(2)3)17(15-18)9-6-5-7-10-17/h16H,4-15,18H2,1-3H3. The first kappa shape index (κ1) is 17.9. The fourth-order valence-electron chi connectivity index (χ4n) is 3.31. The first-order valence-corrected chi connectivity index (χ1v) is 8.67. The van der Waals surface area contributed by atoms with E-state index in [-0.39, 0.29) is 5.54 Å². The lowest BCUT2D eigenvalue weighted by molar-refractivity contribution is 0.0214. The lowest BCUT2D eigenvalue weighted by Crippen LogP contribution is -2.56. The smallest absolute Gasteiger partial charge is 0.0593 e. The van der Waals surface area contributed by atoms with Gasteiger partial charge < -0.3 is 10.5 Å². The zero-order valence-corrected chi connectivity index (χ0v) is 14.0. The summed E-state index contributed by atoms with van der Waals surface area (Å²) in [5, 5.41) is 0. The summed E-state index contributed by atoms with van der Waals surface area (Å²) in [6.07, 6.45) is 8.97. The molecule has 1 aliphatic carbocycles. The maximum absolute atomic E-state index is 6.16. The summed E-state index contributed by atoms with van der Waals surface area (Å²) < 4.78 is 5.82. The van der Waals surface area contributed by atoms with Crippen LogP contribution in [0.15, 0.2) is 0 Å². The predicted octanol–water partition coefficient (Wildman–Crippen LogP) is 3.42. The Kier molecular flexibility index (Phi) is 8.74. The number of nitrogens with zero attached hydrogens (tertiary/aromatic N) is 1. The molecule has 0 aliphatic heterocycles. The van der Waals surface area contributed by atoms with Gasteiger partial charge in [0.2, 0.25) is 0 Å². The molecule has 20 heavy (non-hydrogen) atoms. The zero-order valence-electron chi connectivity index (χ0n) is 14.0. The molecule has 0 radical (unpaired) electrons. The summed E-state index contributed by atoms with van der Waals surface area (Å²) in [4.78, 5) is 2.63. The van der Waals surface area contributed by atoms with Crippen molar-refractivity contribution in [2.75, 3.05) is 32.8 Å². The average Bonchev–Trinajstić information content (AvgIpc) is 2.46. The maximum atomic E-state index is 6.16. The Balaban J connectivity index is 2.41. The second-order valence-corrected chi connectivity index (χ2v) is 6.77. The molecule has 0 bridgehead atoms. The van der Waals surface area contributed by atoms with E-state index in [1.807, 2.05) is 0 Å². The summed E-state index contributed by atoms with van der Waals surface area (Å²) in [6.45, 7) is 11.5. The first-order chi connectivity index (χ1) is 9.64. The van der Waals surface area contributed by atoms with Gasteiger partial charge in [0, 0.05) is 25.2 Å². The van der Waals surface area contributed by atoms with Crippen molar-refractivity contribution in [1.29, 1.82) is 0 Å². The van der Waals surface area contributed by atoms with Gasteiger partial charge in [-0.3, -0.25) is 4.90 Å². The van der Waals surface area contributed by atoms with Crippen LogP contribution in [0.1, 0.15) is 65.7 Å². The van der Waals surface area contributed by atoms with Crippen LogP contribution in [0.25, 0.3) is 0 Å². The van der Waals surface area contributed by atoms with Gasteiger partial charge in [-0.25, -0.2) is 0 Å². The van der Waals surface area contributed by atoms with Crippen LogP contribution in [-0.4, -0.2) is 43.3 Å². The van der Waals surface area contributed by atoms with E-state index in [9.17, 15) is 0 Å². The molecule has 1 aliphatic rings. The van der Waals surface area contributed by atoms with Gasteiger partial charge in [0.25, 0.3) is 0 Å². The van der Waals surface area contributed by atoms with E-state index < -0.39 is 0 Å². The quantitative estimate of drug-likeness (QED) is 0.625. The number of hydrogen-bond donors (Lipinski definition) is 1. The van der Waals surface area contributed by atoms with Gasteiger partial charge in [0.05, 0.1) is 6.61 Å². The Morgan fingerprint density at radius 2 is 1.80 bits per heavy atom. The summed E-state index contributed by atoms with van der Waals surface area (Å²) >= 11 is 0. The van der Waals surface area contributed by atoms with Gasteiger partial charge >= 0.3 is 0 Å². The van der Waals surface area contributed by atoms with Crippen LogP contribution in [-0.2, 0) is 4.74 Å². The molecule has 0 atom stereocenters. The third-order valence-electron chi connectivity index (χ3n) is 4.67. The van der Waals surface area contributed by atoms with Crippen molar-refractivity contribution in [1.82, 2.24) is 4.90 Å². The third kappa shape index (κ3) is 5.71. The Morgan fingerprint density at radius 1 is 1.10 bits per heavy atom. The number of rotatable bonds is 10. The molecule has 1 rings (SSSR count). The summed E-state index contributed by atoms with van der Waals surface area (Å²) in [7, 11) is 0. The van der Waals surface area contributed by atoms with Crippen LogP contribution >= 0.6 is 0 Å². The van der Waals surface area contributed by atoms with Crippen LogP contribution in [0.5, 0.6) is 0 Å². The van der Waals surface area contributed by atoms with E-state index in [1.54, 1.807) is 0 Å². The predicted molar refractivity (Wildman–Crippen MR) is 87.0 cm³/mol. The van der Waals surface area contributed by atoms with Crippen LogP contribution in [0.4, 0.5) is 0 Å². The molecular formula is C17H36N2O. The minimum Gasteiger partial charge on any atom is -0.380 e. The summed E-state index contributed by atoms with van der Waals surface area (Å²) in [5.74, 6) is 0.732. The molecule has 3 heteroatoms. The molecule has 1 saturated carbocycles. The van der Waals surface area contributed by atoms with E-state index in [4.69, 9.17) is 10.5 Å². The molecule has 120 valence electrons. The highest BCUT2D eigenvalue weighted by Crippen LogP contribution is 2.32.